The van der Waals surface area contributed by atoms with Gasteiger partial charge in [-0.05, 0) is 46.4 Å². The summed E-state index contributed by atoms with van der Waals surface area (Å²) in [7, 11) is 0. The van der Waals surface area contributed by atoms with Crippen LogP contribution in [-0.2, 0) is 6.54 Å². The molecule has 0 atom stereocenters. The van der Waals surface area contributed by atoms with Crippen molar-refractivity contribution >= 4 is 28.3 Å². The molecule has 1 aliphatic heterocycles. The summed E-state index contributed by atoms with van der Waals surface area (Å²) in [4.78, 5) is 2.46. The quantitative estimate of drug-likeness (QED) is 0.638. The van der Waals surface area contributed by atoms with Gasteiger partial charge in [0.05, 0.1) is 0 Å². The number of anilines is 1. The molecule has 1 heterocycles. The summed E-state index contributed by atoms with van der Waals surface area (Å²) in [6.07, 6.45) is 0. The number of nitrogen functional groups attached to an aromatic ring is 1. The van der Waals surface area contributed by atoms with Gasteiger partial charge in [0, 0.05) is 42.0 Å². The highest BCUT2D eigenvalue weighted by Crippen LogP contribution is 2.15. The van der Waals surface area contributed by atoms with Gasteiger partial charge in [-0.1, -0.05) is 0 Å². The molecular formula is C11H16IN3. The molecule has 1 aliphatic rings. The van der Waals surface area contributed by atoms with Gasteiger partial charge in [0.25, 0.3) is 0 Å². The predicted molar refractivity (Wildman–Crippen MR) is 71.7 cm³/mol. The largest absolute Gasteiger partial charge is 0.399 e. The molecule has 3 nitrogen and oxygen atoms in total. The van der Waals surface area contributed by atoms with E-state index in [9.17, 15) is 0 Å². The number of halogens is 1. The van der Waals surface area contributed by atoms with E-state index in [1.807, 2.05) is 6.07 Å². The van der Waals surface area contributed by atoms with Crippen molar-refractivity contribution in [3.63, 3.8) is 0 Å². The number of hydrogen-bond donors (Lipinski definition) is 2. The zero-order chi connectivity index (χ0) is 10.7. The van der Waals surface area contributed by atoms with Gasteiger partial charge in [-0.3, -0.25) is 4.90 Å². The molecular weight excluding hydrogens is 301 g/mol. The molecule has 0 spiro atoms. The third kappa shape index (κ3) is 3.32. The smallest absolute Gasteiger partial charge is 0.0327 e. The number of piperazine rings is 1. The van der Waals surface area contributed by atoms with E-state index >= 15 is 0 Å². The third-order valence-electron chi connectivity index (χ3n) is 2.60. The Morgan fingerprint density at radius 3 is 2.67 bits per heavy atom. The third-order valence-corrected chi connectivity index (χ3v) is 3.22. The van der Waals surface area contributed by atoms with Crippen LogP contribution in [0, 0.1) is 3.57 Å². The van der Waals surface area contributed by atoms with Crippen molar-refractivity contribution < 1.29 is 0 Å². The summed E-state index contributed by atoms with van der Waals surface area (Å²) < 4.78 is 1.22. The summed E-state index contributed by atoms with van der Waals surface area (Å²) in [6.45, 7) is 5.47. The molecule has 2 rings (SSSR count). The average Bonchev–Trinajstić information content (AvgIpc) is 2.17. The lowest BCUT2D eigenvalue weighted by atomic mass is 10.2. The van der Waals surface area contributed by atoms with Crippen LogP contribution in [0.25, 0.3) is 0 Å². The maximum absolute atomic E-state index is 5.83. The van der Waals surface area contributed by atoms with Gasteiger partial charge in [-0.2, -0.15) is 0 Å². The first-order valence-corrected chi connectivity index (χ1v) is 6.30. The lowest BCUT2D eigenvalue weighted by Crippen LogP contribution is -2.42. The molecule has 1 aromatic rings. The maximum Gasteiger partial charge on any atom is 0.0327 e. The molecule has 0 aromatic heterocycles. The maximum atomic E-state index is 5.83. The van der Waals surface area contributed by atoms with Crippen molar-refractivity contribution in [3.8, 4) is 0 Å². The first kappa shape index (κ1) is 11.2. The van der Waals surface area contributed by atoms with Crippen molar-refractivity contribution in [2.45, 2.75) is 6.54 Å². The summed E-state index contributed by atoms with van der Waals surface area (Å²) >= 11 is 2.31. The Kier molecular flexibility index (Phi) is 3.82. The van der Waals surface area contributed by atoms with Crippen LogP contribution in [0.1, 0.15) is 5.56 Å². The van der Waals surface area contributed by atoms with Gasteiger partial charge in [-0.25, -0.2) is 0 Å². The van der Waals surface area contributed by atoms with E-state index in [1.54, 1.807) is 0 Å². The summed E-state index contributed by atoms with van der Waals surface area (Å²) in [5.74, 6) is 0. The molecule has 0 saturated carbocycles. The Bertz CT molecular complexity index is 314. The number of nitrogens with two attached hydrogens (primary N) is 1. The Balaban J connectivity index is 2.02. The molecule has 1 fully saturated rings. The van der Waals surface area contributed by atoms with Crippen molar-refractivity contribution in [1.29, 1.82) is 0 Å². The molecule has 0 unspecified atom stereocenters. The van der Waals surface area contributed by atoms with Crippen LogP contribution in [0.5, 0.6) is 0 Å². The van der Waals surface area contributed by atoms with E-state index < -0.39 is 0 Å². The summed E-state index contributed by atoms with van der Waals surface area (Å²) in [6, 6.07) is 6.28. The van der Waals surface area contributed by atoms with Gasteiger partial charge in [-0.15, -0.1) is 0 Å². The van der Waals surface area contributed by atoms with Crippen LogP contribution >= 0.6 is 22.6 Å². The van der Waals surface area contributed by atoms with E-state index in [0.717, 1.165) is 38.4 Å². The Labute approximate surface area is 104 Å². The van der Waals surface area contributed by atoms with E-state index in [1.165, 1.54) is 9.13 Å². The number of rotatable bonds is 2. The highest BCUT2D eigenvalue weighted by Gasteiger charge is 2.10. The molecule has 0 radical (unpaired) electrons. The molecule has 15 heavy (non-hydrogen) atoms. The number of nitrogens with one attached hydrogen (secondary N) is 1. The van der Waals surface area contributed by atoms with E-state index in [2.05, 4.69) is 44.9 Å². The molecule has 1 saturated heterocycles. The number of hydrogen-bond acceptors (Lipinski definition) is 3. The summed E-state index contributed by atoms with van der Waals surface area (Å²) in [5.41, 5.74) is 8.02. The monoisotopic (exact) mass is 317 g/mol. The van der Waals surface area contributed by atoms with Crippen molar-refractivity contribution in [2.24, 2.45) is 0 Å². The van der Waals surface area contributed by atoms with Gasteiger partial charge >= 0.3 is 0 Å². The van der Waals surface area contributed by atoms with Crippen LogP contribution in [0.2, 0.25) is 0 Å². The molecule has 0 amide bonds. The molecule has 82 valence electrons. The molecule has 1 aromatic carbocycles. The molecule has 0 bridgehead atoms. The van der Waals surface area contributed by atoms with Crippen LogP contribution in [-0.4, -0.2) is 31.1 Å². The minimum atomic E-state index is 0.868. The minimum Gasteiger partial charge on any atom is -0.399 e. The fourth-order valence-electron chi connectivity index (χ4n) is 1.89. The Morgan fingerprint density at radius 1 is 1.27 bits per heavy atom. The van der Waals surface area contributed by atoms with Gasteiger partial charge in [0.15, 0.2) is 0 Å². The van der Waals surface area contributed by atoms with Crippen LogP contribution in [0.15, 0.2) is 18.2 Å². The fraction of sp³-hybridized carbons (Fsp3) is 0.455. The number of benzene rings is 1. The normalized spacial score (nSPS) is 17.9. The van der Waals surface area contributed by atoms with Gasteiger partial charge in [0.2, 0.25) is 0 Å². The zero-order valence-electron chi connectivity index (χ0n) is 8.67. The second-order valence-electron chi connectivity index (χ2n) is 3.92. The van der Waals surface area contributed by atoms with Gasteiger partial charge < -0.3 is 11.1 Å². The van der Waals surface area contributed by atoms with E-state index in [0.29, 0.717) is 0 Å². The molecule has 4 heteroatoms. The lowest BCUT2D eigenvalue weighted by Gasteiger charge is -2.27. The highest BCUT2D eigenvalue weighted by molar-refractivity contribution is 14.1. The van der Waals surface area contributed by atoms with Crippen LogP contribution < -0.4 is 11.1 Å². The molecule has 3 N–H and O–H groups in total. The standard InChI is InChI=1S/C11H16IN3/c12-10-5-9(6-11(13)7-10)8-15-3-1-14-2-4-15/h5-7,14H,1-4,8,13H2. The topological polar surface area (TPSA) is 41.3 Å². The first-order chi connectivity index (χ1) is 7.24. The zero-order valence-corrected chi connectivity index (χ0v) is 10.8. The second kappa shape index (κ2) is 5.14. The summed E-state index contributed by atoms with van der Waals surface area (Å²) in [5, 5.41) is 3.36. The van der Waals surface area contributed by atoms with E-state index in [4.69, 9.17) is 5.73 Å². The SMILES string of the molecule is Nc1cc(I)cc(CN2CCNCC2)c1. The average molecular weight is 317 g/mol. The molecule has 0 aliphatic carbocycles. The second-order valence-corrected chi connectivity index (χ2v) is 5.16. The lowest BCUT2D eigenvalue weighted by molar-refractivity contribution is 0.233. The minimum absolute atomic E-state index is 0.868. The van der Waals surface area contributed by atoms with Crippen LogP contribution in [0.4, 0.5) is 5.69 Å². The Hall–Kier alpha value is -0.330. The van der Waals surface area contributed by atoms with E-state index in [-0.39, 0.29) is 0 Å². The Morgan fingerprint density at radius 2 is 2.00 bits per heavy atom. The van der Waals surface area contributed by atoms with Crippen molar-refractivity contribution in [1.82, 2.24) is 10.2 Å². The van der Waals surface area contributed by atoms with Crippen LogP contribution in [0.3, 0.4) is 0 Å². The first-order valence-electron chi connectivity index (χ1n) is 5.22. The van der Waals surface area contributed by atoms with Crippen molar-refractivity contribution in [3.05, 3.63) is 27.3 Å². The highest BCUT2D eigenvalue weighted by atomic mass is 127. The fourth-order valence-corrected chi connectivity index (χ4v) is 2.65. The number of nitrogens with zero attached hydrogens (tertiary/aromatic N) is 1. The van der Waals surface area contributed by atoms with Crippen molar-refractivity contribution in [2.75, 3.05) is 31.9 Å². The van der Waals surface area contributed by atoms with Gasteiger partial charge in [0.1, 0.15) is 0 Å². The predicted octanol–water partition coefficient (Wildman–Crippen LogP) is 1.28.